The highest BCUT2D eigenvalue weighted by molar-refractivity contribution is 5.85. The Morgan fingerprint density at radius 3 is 2.71 bits per heavy atom. The van der Waals surface area contributed by atoms with Crippen LogP contribution in [0.3, 0.4) is 0 Å². The van der Waals surface area contributed by atoms with Crippen molar-refractivity contribution in [3.05, 3.63) is 35.4 Å². The lowest BCUT2D eigenvalue weighted by atomic mass is 10.0. The maximum atomic E-state index is 12.6. The van der Waals surface area contributed by atoms with Crippen molar-refractivity contribution in [2.45, 2.75) is 65.1 Å². The second-order valence-electron chi connectivity index (χ2n) is 7.39. The lowest BCUT2D eigenvalue weighted by Crippen LogP contribution is -2.52. The summed E-state index contributed by atoms with van der Waals surface area (Å²) in [5.41, 5.74) is 1.66. The average molecular weight is 332 g/mol. The number of hydrogen-bond acceptors (Lipinski definition) is 3. The lowest BCUT2D eigenvalue weighted by molar-refractivity contribution is -0.127. The fraction of sp³-hybridized carbons (Fsp3) is 0.579. The minimum atomic E-state index is -0.558. The van der Waals surface area contributed by atoms with E-state index < -0.39 is 17.7 Å². The summed E-state index contributed by atoms with van der Waals surface area (Å²) in [5.74, 6) is -0.109. The highest BCUT2D eigenvalue weighted by Crippen LogP contribution is 2.20. The fourth-order valence-electron chi connectivity index (χ4n) is 2.87. The third-order valence-electron chi connectivity index (χ3n) is 3.98. The van der Waals surface area contributed by atoms with E-state index in [2.05, 4.69) is 5.32 Å². The van der Waals surface area contributed by atoms with Gasteiger partial charge in [0.25, 0.3) is 0 Å². The van der Waals surface area contributed by atoms with Crippen molar-refractivity contribution in [2.75, 3.05) is 6.54 Å². The van der Waals surface area contributed by atoms with Crippen LogP contribution in [-0.4, -0.2) is 35.1 Å². The van der Waals surface area contributed by atoms with Gasteiger partial charge in [-0.2, -0.15) is 0 Å². The van der Waals surface area contributed by atoms with Gasteiger partial charge in [-0.1, -0.05) is 29.8 Å². The van der Waals surface area contributed by atoms with E-state index >= 15 is 0 Å². The first kappa shape index (κ1) is 18.3. The molecule has 1 atom stereocenters. The Balaban J connectivity index is 1.98. The van der Waals surface area contributed by atoms with E-state index in [0.29, 0.717) is 19.5 Å². The van der Waals surface area contributed by atoms with Gasteiger partial charge in [0.15, 0.2) is 0 Å². The number of likely N-dealkylation sites (tertiary alicyclic amines) is 1. The lowest BCUT2D eigenvalue weighted by Gasteiger charge is -2.35. The minimum Gasteiger partial charge on any atom is -0.444 e. The molecule has 132 valence electrons. The number of amides is 2. The number of benzene rings is 1. The molecule has 2 amide bonds. The van der Waals surface area contributed by atoms with Crippen molar-refractivity contribution in [1.82, 2.24) is 10.2 Å². The molecule has 1 N–H and O–H groups in total. The molecule has 0 aliphatic carbocycles. The van der Waals surface area contributed by atoms with Gasteiger partial charge in [0.2, 0.25) is 5.91 Å². The number of piperidine rings is 1. The predicted molar refractivity (Wildman–Crippen MR) is 93.6 cm³/mol. The van der Waals surface area contributed by atoms with Gasteiger partial charge < -0.3 is 10.1 Å². The molecule has 1 heterocycles. The van der Waals surface area contributed by atoms with Crippen LogP contribution >= 0.6 is 0 Å². The minimum absolute atomic E-state index is 0.109. The third-order valence-corrected chi connectivity index (χ3v) is 3.98. The molecule has 24 heavy (non-hydrogen) atoms. The molecule has 0 saturated carbocycles. The number of nitrogens with zero attached hydrogens (tertiary/aromatic N) is 1. The van der Waals surface area contributed by atoms with Crippen molar-refractivity contribution < 1.29 is 14.3 Å². The second-order valence-corrected chi connectivity index (χ2v) is 7.39. The SMILES string of the molecule is Cc1cccc(CNC(=O)C2CCCCN2C(=O)OC(C)(C)C)c1. The van der Waals surface area contributed by atoms with Crippen LogP contribution in [0.1, 0.15) is 51.2 Å². The zero-order chi connectivity index (χ0) is 17.7. The quantitative estimate of drug-likeness (QED) is 0.923. The molecule has 2 rings (SSSR count). The van der Waals surface area contributed by atoms with Crippen molar-refractivity contribution >= 4 is 12.0 Å². The van der Waals surface area contributed by atoms with Crippen LogP contribution in [0, 0.1) is 6.92 Å². The molecule has 0 spiro atoms. The molecule has 0 bridgehead atoms. The van der Waals surface area contributed by atoms with Crippen LogP contribution in [0.25, 0.3) is 0 Å². The van der Waals surface area contributed by atoms with Gasteiger partial charge in [-0.25, -0.2) is 4.79 Å². The normalized spacial score (nSPS) is 18.2. The molecule has 1 aromatic rings. The molecule has 5 heteroatoms. The first-order valence-electron chi connectivity index (χ1n) is 8.59. The van der Waals surface area contributed by atoms with Crippen LogP contribution < -0.4 is 5.32 Å². The zero-order valence-corrected chi connectivity index (χ0v) is 15.1. The van der Waals surface area contributed by atoms with Gasteiger partial charge in [-0.15, -0.1) is 0 Å². The number of nitrogens with one attached hydrogen (secondary N) is 1. The van der Waals surface area contributed by atoms with E-state index in [9.17, 15) is 9.59 Å². The molecule has 0 aromatic heterocycles. The number of rotatable bonds is 3. The van der Waals surface area contributed by atoms with Crippen molar-refractivity contribution in [3.8, 4) is 0 Å². The van der Waals surface area contributed by atoms with E-state index in [1.54, 1.807) is 4.90 Å². The molecule has 0 radical (unpaired) electrons. The summed E-state index contributed by atoms with van der Waals surface area (Å²) in [7, 11) is 0. The van der Waals surface area contributed by atoms with Gasteiger partial charge in [0.1, 0.15) is 11.6 Å². The van der Waals surface area contributed by atoms with Crippen LogP contribution in [0.5, 0.6) is 0 Å². The molecular formula is C19H28N2O3. The van der Waals surface area contributed by atoms with E-state index in [1.807, 2.05) is 52.0 Å². The van der Waals surface area contributed by atoms with E-state index in [-0.39, 0.29) is 5.91 Å². The molecule has 1 fully saturated rings. The van der Waals surface area contributed by atoms with Gasteiger partial charge >= 0.3 is 6.09 Å². The van der Waals surface area contributed by atoms with Crippen LogP contribution in [0.4, 0.5) is 4.79 Å². The van der Waals surface area contributed by atoms with Crippen LogP contribution in [0.15, 0.2) is 24.3 Å². The summed E-state index contributed by atoms with van der Waals surface area (Å²) in [4.78, 5) is 26.5. The fourth-order valence-corrected chi connectivity index (χ4v) is 2.87. The van der Waals surface area contributed by atoms with E-state index in [0.717, 1.165) is 24.0 Å². The Kier molecular flexibility index (Phi) is 5.86. The highest BCUT2D eigenvalue weighted by Gasteiger charge is 2.34. The second kappa shape index (κ2) is 7.69. The van der Waals surface area contributed by atoms with Crippen molar-refractivity contribution in [3.63, 3.8) is 0 Å². The molecular weight excluding hydrogens is 304 g/mol. The van der Waals surface area contributed by atoms with Gasteiger partial charge in [0, 0.05) is 13.1 Å². The molecule has 1 aromatic carbocycles. The first-order chi connectivity index (χ1) is 11.3. The van der Waals surface area contributed by atoms with E-state index in [1.165, 1.54) is 0 Å². The molecule has 1 aliphatic rings. The summed E-state index contributed by atoms with van der Waals surface area (Å²) >= 11 is 0. The Morgan fingerprint density at radius 2 is 2.04 bits per heavy atom. The average Bonchev–Trinajstić information content (AvgIpc) is 2.51. The number of ether oxygens (including phenoxy) is 1. The topological polar surface area (TPSA) is 58.6 Å². The summed E-state index contributed by atoms with van der Waals surface area (Å²) < 4.78 is 5.44. The van der Waals surface area contributed by atoms with Gasteiger partial charge in [0.05, 0.1) is 0 Å². The molecule has 1 aliphatic heterocycles. The van der Waals surface area contributed by atoms with Gasteiger partial charge in [-0.3, -0.25) is 9.69 Å². The predicted octanol–water partition coefficient (Wildman–Crippen LogP) is 3.40. The number of carbonyl (C=O) groups is 2. The number of aryl methyl sites for hydroxylation is 1. The molecule has 5 nitrogen and oxygen atoms in total. The summed E-state index contributed by atoms with van der Waals surface area (Å²) in [6.45, 7) is 8.57. The maximum absolute atomic E-state index is 12.6. The Morgan fingerprint density at radius 1 is 1.29 bits per heavy atom. The number of hydrogen-bond donors (Lipinski definition) is 1. The standard InChI is InChI=1S/C19H28N2O3/c1-14-8-7-9-15(12-14)13-20-17(22)16-10-5-6-11-21(16)18(23)24-19(2,3)4/h7-9,12,16H,5-6,10-11,13H2,1-4H3,(H,20,22). The number of carbonyl (C=O) groups excluding carboxylic acids is 2. The largest absolute Gasteiger partial charge is 0.444 e. The Labute approximate surface area is 144 Å². The summed E-state index contributed by atoms with van der Waals surface area (Å²) in [6.07, 6.45) is 2.12. The van der Waals surface area contributed by atoms with Crippen molar-refractivity contribution in [2.24, 2.45) is 0 Å². The molecule has 1 saturated heterocycles. The first-order valence-corrected chi connectivity index (χ1v) is 8.59. The van der Waals surface area contributed by atoms with Gasteiger partial charge in [-0.05, 0) is 52.5 Å². The van der Waals surface area contributed by atoms with Crippen molar-refractivity contribution in [1.29, 1.82) is 0 Å². The summed E-state index contributed by atoms with van der Waals surface area (Å²) in [6, 6.07) is 7.59. The monoisotopic (exact) mass is 332 g/mol. The zero-order valence-electron chi connectivity index (χ0n) is 15.1. The summed E-state index contributed by atoms with van der Waals surface area (Å²) in [5, 5.41) is 2.96. The third kappa shape index (κ3) is 5.25. The highest BCUT2D eigenvalue weighted by atomic mass is 16.6. The Bertz CT molecular complexity index is 593. The molecule has 1 unspecified atom stereocenters. The van der Waals surface area contributed by atoms with Crippen LogP contribution in [0.2, 0.25) is 0 Å². The maximum Gasteiger partial charge on any atom is 0.410 e. The smallest absolute Gasteiger partial charge is 0.410 e. The van der Waals surface area contributed by atoms with Crippen LogP contribution in [-0.2, 0) is 16.1 Å². The van der Waals surface area contributed by atoms with E-state index in [4.69, 9.17) is 4.74 Å². The Hall–Kier alpha value is -2.04.